The van der Waals surface area contributed by atoms with Gasteiger partial charge >= 0.3 is 0 Å². The van der Waals surface area contributed by atoms with Crippen LogP contribution in [0.5, 0.6) is 0 Å². The Bertz CT molecular complexity index is 726. The van der Waals surface area contributed by atoms with Gasteiger partial charge < -0.3 is 9.32 Å². The van der Waals surface area contributed by atoms with Crippen LogP contribution in [0.2, 0.25) is 0 Å². The van der Waals surface area contributed by atoms with Crippen molar-refractivity contribution >= 4 is 16.9 Å². The first-order valence-corrected chi connectivity index (χ1v) is 7.77. The van der Waals surface area contributed by atoms with E-state index in [1.165, 1.54) is 4.90 Å². The predicted octanol–water partition coefficient (Wildman–Crippen LogP) is 2.95. The fraction of sp³-hybridized carbons (Fsp3) is 0.471. The van der Waals surface area contributed by atoms with Gasteiger partial charge in [-0.2, -0.15) is 0 Å². The summed E-state index contributed by atoms with van der Waals surface area (Å²) in [5.74, 6) is -2.29. The number of furan rings is 1. The van der Waals surface area contributed by atoms with Crippen LogP contribution < -0.4 is 5.32 Å². The molecule has 4 nitrogen and oxygen atoms in total. The second-order valence-corrected chi connectivity index (χ2v) is 6.04. The largest absolute Gasteiger partial charge is 0.461 e. The molecule has 1 N–H and O–H groups in total. The number of likely N-dealkylation sites (N-methyl/N-ethyl adjacent to an activating group) is 1. The third-order valence-electron chi connectivity index (χ3n) is 4.28. The van der Waals surface area contributed by atoms with Gasteiger partial charge in [-0.15, -0.1) is 0 Å². The molecule has 1 aliphatic rings. The van der Waals surface area contributed by atoms with Gasteiger partial charge in [0.2, 0.25) is 5.91 Å². The summed E-state index contributed by atoms with van der Waals surface area (Å²) in [4.78, 5) is 13.9. The molecule has 2 heterocycles. The van der Waals surface area contributed by atoms with E-state index in [4.69, 9.17) is 4.42 Å². The number of fused-ring (bicyclic) bond motifs is 1. The summed E-state index contributed by atoms with van der Waals surface area (Å²) in [5.41, 5.74) is 1.73. The number of benzene rings is 1. The standard InChI is InChI=1S/C17H20F2N2O2/c1-3-14-12(11-6-4-5-7-15(11)23-14)9-21(2)16(22)13-8-17(18,19)10-20-13/h4-7,13,20H,3,8-10H2,1-2H3. The van der Waals surface area contributed by atoms with Crippen molar-refractivity contribution in [2.75, 3.05) is 13.6 Å². The molecule has 1 aliphatic heterocycles. The molecule has 6 heteroatoms. The minimum atomic E-state index is -2.81. The van der Waals surface area contributed by atoms with Crippen molar-refractivity contribution in [1.82, 2.24) is 10.2 Å². The number of hydrogen-bond donors (Lipinski definition) is 1. The maximum atomic E-state index is 13.3. The lowest BCUT2D eigenvalue weighted by atomic mass is 10.1. The van der Waals surface area contributed by atoms with E-state index in [1.807, 2.05) is 31.2 Å². The molecule has 1 amide bonds. The van der Waals surface area contributed by atoms with Crippen molar-refractivity contribution in [2.24, 2.45) is 0 Å². The Hall–Kier alpha value is -1.95. The van der Waals surface area contributed by atoms with Gasteiger partial charge in [0.05, 0.1) is 12.6 Å². The number of nitrogens with zero attached hydrogens (tertiary/aromatic N) is 1. The molecule has 1 fully saturated rings. The molecule has 23 heavy (non-hydrogen) atoms. The minimum absolute atomic E-state index is 0.311. The molecular weight excluding hydrogens is 302 g/mol. The van der Waals surface area contributed by atoms with Gasteiger partial charge in [-0.25, -0.2) is 8.78 Å². The number of alkyl halides is 2. The van der Waals surface area contributed by atoms with Gasteiger partial charge in [-0.3, -0.25) is 10.1 Å². The molecule has 3 rings (SSSR count). The van der Waals surface area contributed by atoms with Crippen molar-refractivity contribution in [3.05, 3.63) is 35.6 Å². The van der Waals surface area contributed by atoms with Crippen LogP contribution in [0.4, 0.5) is 8.78 Å². The average molecular weight is 322 g/mol. The highest BCUT2D eigenvalue weighted by Crippen LogP contribution is 2.29. The number of carbonyl (C=O) groups excluding carboxylic acids is 1. The van der Waals surface area contributed by atoms with Gasteiger partial charge in [-0.1, -0.05) is 25.1 Å². The van der Waals surface area contributed by atoms with Crippen LogP contribution in [0.3, 0.4) is 0 Å². The Balaban J connectivity index is 1.80. The smallest absolute Gasteiger partial charge is 0.262 e. The molecule has 124 valence electrons. The zero-order chi connectivity index (χ0) is 16.6. The van der Waals surface area contributed by atoms with Crippen molar-refractivity contribution in [3.63, 3.8) is 0 Å². The third-order valence-corrected chi connectivity index (χ3v) is 4.28. The quantitative estimate of drug-likeness (QED) is 0.941. The number of aryl methyl sites for hydroxylation is 1. The van der Waals surface area contributed by atoms with Gasteiger partial charge in [0.25, 0.3) is 5.92 Å². The Morgan fingerprint density at radius 2 is 2.17 bits per heavy atom. The van der Waals surface area contributed by atoms with Crippen LogP contribution in [0.1, 0.15) is 24.7 Å². The summed E-state index contributed by atoms with van der Waals surface area (Å²) in [6.07, 6.45) is 0.273. The zero-order valence-corrected chi connectivity index (χ0v) is 13.2. The van der Waals surface area contributed by atoms with Gasteiger partial charge in [-0.05, 0) is 6.07 Å². The average Bonchev–Trinajstić information content (AvgIpc) is 3.07. The number of carbonyl (C=O) groups is 1. The monoisotopic (exact) mass is 322 g/mol. The zero-order valence-electron chi connectivity index (χ0n) is 13.2. The fourth-order valence-electron chi connectivity index (χ4n) is 3.08. The van der Waals surface area contributed by atoms with Gasteiger partial charge in [0, 0.05) is 37.4 Å². The van der Waals surface area contributed by atoms with Crippen molar-refractivity contribution in [2.45, 2.75) is 38.3 Å². The number of rotatable bonds is 4. The molecule has 2 aromatic rings. The Kier molecular flexibility index (Phi) is 4.10. The summed E-state index contributed by atoms with van der Waals surface area (Å²) < 4.78 is 32.4. The Morgan fingerprint density at radius 3 is 2.83 bits per heavy atom. The van der Waals surface area contributed by atoms with Crippen LogP contribution in [0, 0.1) is 0 Å². The Morgan fingerprint density at radius 1 is 1.43 bits per heavy atom. The molecule has 0 radical (unpaired) electrons. The fourth-order valence-corrected chi connectivity index (χ4v) is 3.08. The van der Waals surface area contributed by atoms with Crippen LogP contribution in [0.25, 0.3) is 11.0 Å². The van der Waals surface area contributed by atoms with E-state index in [1.54, 1.807) is 7.05 Å². The van der Waals surface area contributed by atoms with E-state index < -0.39 is 24.9 Å². The summed E-state index contributed by atoms with van der Waals surface area (Å²) in [7, 11) is 1.64. The first-order valence-electron chi connectivity index (χ1n) is 7.77. The first kappa shape index (κ1) is 15.9. The molecule has 0 bridgehead atoms. The van der Waals surface area contributed by atoms with E-state index in [9.17, 15) is 13.6 Å². The van der Waals surface area contributed by atoms with Crippen LogP contribution >= 0.6 is 0 Å². The highest BCUT2D eigenvalue weighted by atomic mass is 19.3. The summed E-state index contributed by atoms with van der Waals surface area (Å²) >= 11 is 0. The maximum absolute atomic E-state index is 13.3. The summed E-state index contributed by atoms with van der Waals surface area (Å²) in [6.45, 7) is 1.90. The van der Waals surface area contributed by atoms with E-state index in [-0.39, 0.29) is 5.91 Å². The van der Waals surface area contributed by atoms with Crippen LogP contribution in [-0.4, -0.2) is 36.4 Å². The third kappa shape index (κ3) is 3.08. The lowest BCUT2D eigenvalue weighted by Crippen LogP contribution is -2.41. The van der Waals surface area contributed by atoms with Crippen LogP contribution in [0.15, 0.2) is 28.7 Å². The lowest BCUT2D eigenvalue weighted by molar-refractivity contribution is -0.132. The van der Waals surface area contributed by atoms with Crippen LogP contribution in [-0.2, 0) is 17.8 Å². The topological polar surface area (TPSA) is 45.5 Å². The van der Waals surface area contributed by atoms with Crippen molar-refractivity contribution < 1.29 is 18.0 Å². The predicted molar refractivity (Wildman–Crippen MR) is 83.4 cm³/mol. The Labute approximate surface area is 133 Å². The molecule has 1 aromatic carbocycles. The van der Waals surface area contributed by atoms with Gasteiger partial charge in [0.1, 0.15) is 11.3 Å². The molecule has 1 atom stereocenters. The van der Waals surface area contributed by atoms with E-state index in [0.29, 0.717) is 13.0 Å². The summed E-state index contributed by atoms with van der Waals surface area (Å²) in [6, 6.07) is 6.83. The maximum Gasteiger partial charge on any atom is 0.262 e. The first-order chi connectivity index (χ1) is 10.9. The molecule has 1 saturated heterocycles. The molecule has 0 aliphatic carbocycles. The summed E-state index contributed by atoms with van der Waals surface area (Å²) in [5, 5.41) is 3.57. The SMILES string of the molecule is CCc1oc2ccccc2c1CN(C)C(=O)C1CC(F)(F)CN1. The highest BCUT2D eigenvalue weighted by molar-refractivity contribution is 5.85. The number of hydrogen-bond acceptors (Lipinski definition) is 3. The number of halogens is 2. The van der Waals surface area contributed by atoms with E-state index >= 15 is 0 Å². The molecule has 1 unspecified atom stereocenters. The van der Waals surface area contributed by atoms with E-state index in [0.717, 1.165) is 22.3 Å². The number of para-hydroxylation sites is 1. The highest BCUT2D eigenvalue weighted by Gasteiger charge is 2.43. The second kappa shape index (κ2) is 5.92. The normalized spacial score (nSPS) is 20.1. The second-order valence-electron chi connectivity index (χ2n) is 6.04. The number of nitrogens with one attached hydrogen (secondary N) is 1. The number of amides is 1. The molecule has 1 aromatic heterocycles. The molecular formula is C17H20F2N2O2. The van der Waals surface area contributed by atoms with E-state index in [2.05, 4.69) is 5.32 Å². The van der Waals surface area contributed by atoms with Crippen molar-refractivity contribution in [3.8, 4) is 0 Å². The van der Waals surface area contributed by atoms with Gasteiger partial charge in [0.15, 0.2) is 0 Å². The van der Waals surface area contributed by atoms with Crippen molar-refractivity contribution in [1.29, 1.82) is 0 Å². The minimum Gasteiger partial charge on any atom is -0.461 e. The molecule has 0 saturated carbocycles. The molecule has 0 spiro atoms. The lowest BCUT2D eigenvalue weighted by Gasteiger charge is -2.21.